The normalized spacial score (nSPS) is 13.9. The molecule has 1 heterocycles. The largest absolute Gasteiger partial charge is 0.497 e. The van der Waals surface area contributed by atoms with Crippen LogP contribution in [-0.2, 0) is 9.47 Å². The average molecular weight is 830 g/mol. The summed E-state index contributed by atoms with van der Waals surface area (Å²) in [5, 5.41) is 3.33. The number of rotatable bonds is 14. The van der Waals surface area contributed by atoms with Gasteiger partial charge in [-0.2, -0.15) is 0 Å². The fourth-order valence-corrected chi connectivity index (χ4v) is 7.78. The van der Waals surface area contributed by atoms with Gasteiger partial charge in [0.25, 0.3) is 0 Å². The molecule has 61 heavy (non-hydrogen) atoms. The molecule has 7 aromatic carbocycles. The van der Waals surface area contributed by atoms with Gasteiger partial charge < -0.3 is 28.4 Å². The molecule has 1 aliphatic heterocycles. The lowest BCUT2D eigenvalue weighted by Gasteiger charge is -2.13. The Bertz CT molecular complexity index is 2830. The Labute approximate surface area is 357 Å². The van der Waals surface area contributed by atoms with Crippen molar-refractivity contribution in [3.05, 3.63) is 172 Å². The molecule has 0 saturated carbocycles. The van der Waals surface area contributed by atoms with Crippen LogP contribution in [0.5, 0.6) is 23.0 Å². The topological polar surface area (TPSA) is 105 Å². The average Bonchev–Trinajstić information content (AvgIpc) is 4.06. The number of carbonyl (C=O) groups excluding carboxylic acids is 2. The number of halogens is 1. The highest BCUT2D eigenvalue weighted by atomic mass is 35.5. The number of benzene rings is 7. The standard InChI is InChI=1S/C51H40ClNO8/c1-31(48-43-10-5-3-8-41(43)42-9-4-6-11-44(42)48)53-28-45-39-20-14-35(51(55)61-47-23-16-34-27-37(56-2)19-21-40(34)49(47)52)26-33(39)15-22-46(45)60-50(54)32-12-17-36(18-13-32)58-25-7-24-57-29-38-30-59-38/h3-6,8-23,26-28,38H,7,24-25,29-30H2,1-2H3/b53-28+. The van der Waals surface area contributed by atoms with Gasteiger partial charge >= 0.3 is 11.9 Å². The highest BCUT2D eigenvalue weighted by molar-refractivity contribution is 6.37. The first-order valence-electron chi connectivity index (χ1n) is 20.0. The van der Waals surface area contributed by atoms with Gasteiger partial charge in [0.2, 0.25) is 0 Å². The quantitative estimate of drug-likeness (QED) is 0.0351. The van der Waals surface area contributed by atoms with Crippen molar-refractivity contribution >= 4 is 56.9 Å². The zero-order chi connectivity index (χ0) is 41.9. The molecule has 1 saturated heterocycles. The van der Waals surface area contributed by atoms with Crippen LogP contribution in [0.1, 0.15) is 50.8 Å². The number of hydrogen-bond donors (Lipinski definition) is 0. The van der Waals surface area contributed by atoms with Crippen molar-refractivity contribution < 1.29 is 38.0 Å². The van der Waals surface area contributed by atoms with E-state index in [-0.39, 0.29) is 11.9 Å². The van der Waals surface area contributed by atoms with Crippen LogP contribution in [-0.4, -0.2) is 57.8 Å². The van der Waals surface area contributed by atoms with Gasteiger partial charge in [0.1, 0.15) is 29.1 Å². The smallest absolute Gasteiger partial charge is 0.343 e. The molecule has 0 amide bonds. The second-order valence-electron chi connectivity index (χ2n) is 14.7. The van der Waals surface area contributed by atoms with E-state index in [9.17, 15) is 9.59 Å². The molecule has 9 rings (SSSR count). The van der Waals surface area contributed by atoms with Crippen molar-refractivity contribution in [3.8, 4) is 34.1 Å². The van der Waals surface area contributed by atoms with Crippen molar-refractivity contribution in [1.29, 1.82) is 0 Å². The molecule has 1 fully saturated rings. The van der Waals surface area contributed by atoms with Crippen LogP contribution in [0.4, 0.5) is 0 Å². The van der Waals surface area contributed by atoms with Gasteiger partial charge in [-0.3, -0.25) is 4.99 Å². The number of esters is 2. The fraction of sp³-hybridized carbons (Fsp3) is 0.157. The molecule has 0 radical (unpaired) electrons. The van der Waals surface area contributed by atoms with Crippen LogP contribution < -0.4 is 18.9 Å². The van der Waals surface area contributed by atoms with E-state index in [2.05, 4.69) is 24.3 Å². The summed E-state index contributed by atoms with van der Waals surface area (Å²) < 4.78 is 33.8. The number of aliphatic imine (C=N–C) groups is 1. The van der Waals surface area contributed by atoms with Gasteiger partial charge in [-0.15, -0.1) is 0 Å². The summed E-state index contributed by atoms with van der Waals surface area (Å²) in [5.41, 5.74) is 7.54. The summed E-state index contributed by atoms with van der Waals surface area (Å²) in [6, 6.07) is 41.1. The maximum atomic E-state index is 13.7. The van der Waals surface area contributed by atoms with Gasteiger partial charge in [-0.1, -0.05) is 78.3 Å². The number of ether oxygens (including phenoxy) is 6. The van der Waals surface area contributed by atoms with Crippen molar-refractivity contribution in [2.75, 3.05) is 33.5 Å². The van der Waals surface area contributed by atoms with E-state index in [1.165, 1.54) is 0 Å². The van der Waals surface area contributed by atoms with Gasteiger partial charge in [-0.05, 0) is 112 Å². The Balaban J connectivity index is 1.00. The van der Waals surface area contributed by atoms with Crippen LogP contribution in [0.15, 0.2) is 144 Å². The van der Waals surface area contributed by atoms with Gasteiger partial charge in [0.05, 0.1) is 43.1 Å². The predicted molar refractivity (Wildman–Crippen MR) is 238 cm³/mol. The van der Waals surface area contributed by atoms with Crippen molar-refractivity contribution in [2.45, 2.75) is 19.4 Å². The predicted octanol–water partition coefficient (Wildman–Crippen LogP) is 11.2. The molecule has 1 unspecified atom stereocenters. The SMILES string of the molecule is COc1ccc2c(Cl)c(OC(=O)c3ccc4c(/C=N/C(C)=C5c6ccccc6-c6ccccc65)c(OC(=O)c5ccc(OCCCOCC6CO6)cc5)ccc4c3)ccc2c1. The number of allylic oxidation sites excluding steroid dienone is 1. The molecular formula is C51H40ClNO8. The molecule has 10 heteroatoms. The minimum absolute atomic E-state index is 0.235. The first-order chi connectivity index (χ1) is 29.8. The lowest BCUT2D eigenvalue weighted by atomic mass is 10.0. The molecule has 7 aromatic rings. The second kappa shape index (κ2) is 17.4. The Kier molecular flexibility index (Phi) is 11.3. The third-order valence-corrected chi connectivity index (χ3v) is 11.1. The highest BCUT2D eigenvalue weighted by Gasteiger charge is 2.25. The molecule has 0 aromatic heterocycles. The van der Waals surface area contributed by atoms with E-state index < -0.39 is 11.9 Å². The van der Waals surface area contributed by atoms with Gasteiger partial charge in [0, 0.05) is 41.5 Å². The number of methoxy groups -OCH3 is 1. The second-order valence-corrected chi connectivity index (χ2v) is 15.1. The minimum Gasteiger partial charge on any atom is -0.497 e. The molecule has 0 spiro atoms. The number of nitrogens with zero attached hydrogens (tertiary/aromatic N) is 1. The number of fused-ring (bicyclic) bond motifs is 5. The number of epoxide rings is 1. The maximum absolute atomic E-state index is 13.7. The first-order valence-corrected chi connectivity index (χ1v) is 20.4. The fourth-order valence-electron chi connectivity index (χ4n) is 7.51. The lowest BCUT2D eigenvalue weighted by Crippen LogP contribution is -2.11. The van der Waals surface area contributed by atoms with Crippen molar-refractivity contribution in [2.24, 2.45) is 4.99 Å². The molecule has 1 aliphatic carbocycles. The third-order valence-electron chi connectivity index (χ3n) is 10.7. The zero-order valence-corrected chi connectivity index (χ0v) is 34.2. The van der Waals surface area contributed by atoms with Crippen LogP contribution in [0.25, 0.3) is 38.2 Å². The number of carbonyl (C=O) groups is 2. The van der Waals surface area contributed by atoms with E-state index in [1.54, 1.807) is 80.1 Å². The summed E-state index contributed by atoms with van der Waals surface area (Å²) in [4.78, 5) is 32.3. The van der Waals surface area contributed by atoms with Crippen LogP contribution >= 0.6 is 11.6 Å². The highest BCUT2D eigenvalue weighted by Crippen LogP contribution is 2.45. The van der Waals surface area contributed by atoms with Crippen LogP contribution in [0.2, 0.25) is 5.02 Å². The van der Waals surface area contributed by atoms with E-state index >= 15 is 0 Å². The lowest BCUT2D eigenvalue weighted by molar-refractivity contribution is 0.0725. The molecule has 304 valence electrons. The van der Waals surface area contributed by atoms with Gasteiger partial charge in [0.15, 0.2) is 0 Å². The van der Waals surface area contributed by atoms with E-state index in [0.29, 0.717) is 69.6 Å². The van der Waals surface area contributed by atoms with E-state index in [1.807, 2.05) is 49.4 Å². The summed E-state index contributed by atoms with van der Waals surface area (Å²) in [6.07, 6.45) is 2.69. The number of hydrogen-bond acceptors (Lipinski definition) is 9. The minimum atomic E-state index is -0.578. The molecule has 0 N–H and O–H groups in total. The molecule has 9 nitrogen and oxygen atoms in total. The van der Waals surface area contributed by atoms with Crippen LogP contribution in [0.3, 0.4) is 0 Å². The Hall–Kier alpha value is -6.78. The molecule has 2 aliphatic rings. The van der Waals surface area contributed by atoms with Crippen LogP contribution in [0, 0.1) is 0 Å². The molecular weight excluding hydrogens is 790 g/mol. The summed E-state index contributed by atoms with van der Waals surface area (Å²) in [5.74, 6) is 0.750. The van der Waals surface area contributed by atoms with E-state index in [4.69, 9.17) is 45.0 Å². The van der Waals surface area contributed by atoms with Crippen molar-refractivity contribution in [3.63, 3.8) is 0 Å². The Morgan fingerprint density at radius 2 is 1.31 bits per heavy atom. The molecule has 1 atom stereocenters. The third kappa shape index (κ3) is 8.49. The van der Waals surface area contributed by atoms with Crippen molar-refractivity contribution in [1.82, 2.24) is 0 Å². The zero-order valence-electron chi connectivity index (χ0n) is 33.5. The molecule has 0 bridgehead atoms. The maximum Gasteiger partial charge on any atom is 0.343 e. The first kappa shape index (κ1) is 39.7. The monoisotopic (exact) mass is 829 g/mol. The summed E-state index contributed by atoms with van der Waals surface area (Å²) in [6.45, 7) is 4.42. The summed E-state index contributed by atoms with van der Waals surface area (Å²) in [7, 11) is 1.60. The van der Waals surface area contributed by atoms with E-state index in [0.717, 1.165) is 57.3 Å². The van der Waals surface area contributed by atoms with Gasteiger partial charge in [-0.25, -0.2) is 9.59 Å². The summed E-state index contributed by atoms with van der Waals surface area (Å²) >= 11 is 6.71. The Morgan fingerprint density at radius 3 is 2.02 bits per heavy atom. The Morgan fingerprint density at radius 1 is 0.705 bits per heavy atom.